The highest BCUT2D eigenvalue weighted by molar-refractivity contribution is 6.17. The Morgan fingerprint density at radius 2 is 1.56 bits per heavy atom. The van der Waals surface area contributed by atoms with Gasteiger partial charge in [-0.25, -0.2) is 0 Å². The first-order valence-corrected chi connectivity index (χ1v) is 7.68. The Hall–Kier alpha value is -3.21. The molecule has 0 radical (unpaired) electrons. The minimum atomic E-state index is -0.833. The molecule has 3 aromatic carbocycles. The number of carboxylic acids is 1. The Labute approximate surface area is 145 Å². The summed E-state index contributed by atoms with van der Waals surface area (Å²) < 4.78 is 10.9. The second kappa shape index (κ2) is 6.36. The summed E-state index contributed by atoms with van der Waals surface area (Å²) in [6.07, 6.45) is 0. The molecule has 2 N–H and O–H groups in total. The number of phenolic OH excluding ortho intramolecular Hbond substituents is 1. The number of rotatable bonds is 2. The van der Waals surface area contributed by atoms with Crippen LogP contribution in [0.1, 0.15) is 6.92 Å². The first-order valence-electron chi connectivity index (χ1n) is 7.68. The molecule has 0 spiro atoms. The van der Waals surface area contributed by atoms with Gasteiger partial charge in [0.2, 0.25) is 0 Å². The Balaban J connectivity index is 0.000000415. The van der Waals surface area contributed by atoms with E-state index >= 15 is 0 Å². The maximum atomic E-state index is 9.78. The van der Waals surface area contributed by atoms with E-state index in [-0.39, 0.29) is 5.75 Å². The first kappa shape index (κ1) is 16.6. The molecule has 0 bridgehead atoms. The van der Waals surface area contributed by atoms with Crippen molar-refractivity contribution in [3.05, 3.63) is 42.5 Å². The van der Waals surface area contributed by atoms with E-state index in [1.807, 2.05) is 36.4 Å². The number of carbonyl (C=O) groups is 1. The number of carboxylic acid groups (broad SMARTS) is 1. The zero-order valence-electron chi connectivity index (χ0n) is 14.2. The second-order valence-corrected chi connectivity index (χ2v) is 5.66. The molecule has 0 heterocycles. The number of aliphatic carboxylic acids is 1. The highest BCUT2D eigenvalue weighted by Crippen LogP contribution is 2.51. The van der Waals surface area contributed by atoms with Crippen LogP contribution in [0.15, 0.2) is 42.5 Å². The van der Waals surface area contributed by atoms with Crippen molar-refractivity contribution in [1.82, 2.24) is 0 Å². The number of hydrogen-bond donors (Lipinski definition) is 2. The van der Waals surface area contributed by atoms with Crippen LogP contribution in [-0.2, 0) is 4.79 Å². The van der Waals surface area contributed by atoms with Crippen LogP contribution >= 0.6 is 0 Å². The minimum Gasteiger partial charge on any atom is -0.508 e. The van der Waals surface area contributed by atoms with Gasteiger partial charge in [-0.15, -0.1) is 0 Å². The Morgan fingerprint density at radius 3 is 2.20 bits per heavy atom. The van der Waals surface area contributed by atoms with Crippen molar-refractivity contribution in [2.45, 2.75) is 6.92 Å². The molecule has 0 fully saturated rings. The number of hydrogen-bond acceptors (Lipinski definition) is 4. The van der Waals surface area contributed by atoms with E-state index in [2.05, 4.69) is 0 Å². The average molecular weight is 338 g/mol. The molecular formula is C20H18O5. The van der Waals surface area contributed by atoms with Gasteiger partial charge in [0, 0.05) is 17.7 Å². The summed E-state index contributed by atoms with van der Waals surface area (Å²) in [4.78, 5) is 9.00. The van der Waals surface area contributed by atoms with E-state index in [1.165, 1.54) is 0 Å². The van der Waals surface area contributed by atoms with Gasteiger partial charge in [0.15, 0.2) is 0 Å². The molecule has 1 aliphatic rings. The lowest BCUT2D eigenvalue weighted by Gasteiger charge is -2.10. The van der Waals surface area contributed by atoms with E-state index in [0.717, 1.165) is 51.4 Å². The largest absolute Gasteiger partial charge is 0.508 e. The van der Waals surface area contributed by atoms with E-state index in [1.54, 1.807) is 20.3 Å². The van der Waals surface area contributed by atoms with Crippen LogP contribution in [0.25, 0.3) is 33.0 Å². The van der Waals surface area contributed by atoms with Crippen molar-refractivity contribution in [2.24, 2.45) is 0 Å². The molecule has 128 valence electrons. The third kappa shape index (κ3) is 2.85. The van der Waals surface area contributed by atoms with Crippen LogP contribution < -0.4 is 9.47 Å². The zero-order valence-corrected chi connectivity index (χ0v) is 14.2. The molecule has 4 rings (SSSR count). The van der Waals surface area contributed by atoms with Crippen molar-refractivity contribution in [3.8, 4) is 39.5 Å². The van der Waals surface area contributed by atoms with Gasteiger partial charge in [-0.05, 0) is 52.6 Å². The molecule has 5 nitrogen and oxygen atoms in total. The molecule has 25 heavy (non-hydrogen) atoms. The lowest BCUT2D eigenvalue weighted by Crippen LogP contribution is -1.88. The van der Waals surface area contributed by atoms with Gasteiger partial charge in [0.05, 0.1) is 14.2 Å². The summed E-state index contributed by atoms with van der Waals surface area (Å²) in [5.74, 6) is 1.07. The normalized spacial score (nSPS) is 10.7. The Bertz CT molecular complexity index is 971. The fraction of sp³-hybridized carbons (Fsp3) is 0.150. The summed E-state index contributed by atoms with van der Waals surface area (Å²) in [6, 6.07) is 13.5. The van der Waals surface area contributed by atoms with Crippen LogP contribution in [0.5, 0.6) is 17.2 Å². The molecule has 0 unspecified atom stereocenters. The smallest absolute Gasteiger partial charge is 0.300 e. The van der Waals surface area contributed by atoms with Gasteiger partial charge in [-0.1, -0.05) is 12.1 Å². The molecule has 0 aromatic heterocycles. The van der Waals surface area contributed by atoms with Gasteiger partial charge in [0.1, 0.15) is 17.2 Å². The van der Waals surface area contributed by atoms with Gasteiger partial charge in [-0.2, -0.15) is 0 Å². The molecule has 0 saturated carbocycles. The molecule has 0 saturated heterocycles. The van der Waals surface area contributed by atoms with Crippen LogP contribution in [0.2, 0.25) is 0 Å². The number of aromatic hydroxyl groups is 1. The maximum absolute atomic E-state index is 9.78. The highest BCUT2D eigenvalue weighted by atomic mass is 16.5. The second-order valence-electron chi connectivity index (χ2n) is 5.66. The van der Waals surface area contributed by atoms with E-state index in [9.17, 15) is 5.11 Å². The van der Waals surface area contributed by atoms with Crippen LogP contribution in [0.4, 0.5) is 0 Å². The molecule has 0 atom stereocenters. The monoisotopic (exact) mass is 338 g/mol. The molecule has 1 aliphatic carbocycles. The predicted molar refractivity (Wildman–Crippen MR) is 96.5 cm³/mol. The topological polar surface area (TPSA) is 76.0 Å². The number of methoxy groups -OCH3 is 2. The van der Waals surface area contributed by atoms with E-state index < -0.39 is 5.97 Å². The summed E-state index contributed by atoms with van der Waals surface area (Å²) in [5, 5.41) is 19.4. The molecule has 3 aromatic rings. The zero-order chi connectivity index (χ0) is 18.1. The van der Waals surface area contributed by atoms with Crippen molar-refractivity contribution in [3.63, 3.8) is 0 Å². The fourth-order valence-electron chi connectivity index (χ4n) is 3.15. The Kier molecular flexibility index (Phi) is 4.23. The minimum absolute atomic E-state index is 0.275. The number of ether oxygens (including phenoxy) is 2. The molecule has 0 aliphatic heterocycles. The standard InChI is InChI=1S/C18H14O3.C2H4O2/c1-20-11-8-15-12-4-3-10(19)7-14(12)13-5-6-17(21-2)16(9-11)18(13)15;1-2(3)4/h3-9,19H,1-2H3;1H3,(H,3,4). The van der Waals surface area contributed by atoms with Gasteiger partial charge < -0.3 is 19.7 Å². The first-order chi connectivity index (χ1) is 12.0. The summed E-state index contributed by atoms with van der Waals surface area (Å²) >= 11 is 0. The van der Waals surface area contributed by atoms with Gasteiger partial charge in [-0.3, -0.25) is 4.79 Å². The summed E-state index contributed by atoms with van der Waals surface area (Å²) in [7, 11) is 3.33. The predicted octanol–water partition coefficient (Wildman–Crippen LogP) is 4.30. The number of benzene rings is 3. The van der Waals surface area contributed by atoms with Crippen molar-refractivity contribution in [1.29, 1.82) is 0 Å². The van der Waals surface area contributed by atoms with E-state index in [0.29, 0.717) is 0 Å². The Morgan fingerprint density at radius 1 is 0.880 bits per heavy atom. The number of phenols is 1. The van der Waals surface area contributed by atoms with Crippen molar-refractivity contribution >= 4 is 16.7 Å². The lowest BCUT2D eigenvalue weighted by atomic mass is 10.0. The van der Waals surface area contributed by atoms with Crippen molar-refractivity contribution < 1.29 is 24.5 Å². The van der Waals surface area contributed by atoms with Crippen molar-refractivity contribution in [2.75, 3.05) is 14.2 Å². The average Bonchev–Trinajstić information content (AvgIpc) is 2.89. The third-order valence-electron chi connectivity index (χ3n) is 4.09. The van der Waals surface area contributed by atoms with Crippen LogP contribution in [0.3, 0.4) is 0 Å². The van der Waals surface area contributed by atoms with Gasteiger partial charge >= 0.3 is 0 Å². The highest BCUT2D eigenvalue weighted by Gasteiger charge is 2.24. The molecule has 5 heteroatoms. The SMILES string of the molecule is CC(=O)O.COc1cc2c3c(ccc(OC)c3c1)-c1cc(O)ccc1-2. The quantitative estimate of drug-likeness (QED) is 0.570. The molecule has 0 amide bonds. The maximum Gasteiger partial charge on any atom is 0.300 e. The molecular weight excluding hydrogens is 320 g/mol. The summed E-state index contributed by atoms with van der Waals surface area (Å²) in [5.41, 5.74) is 4.40. The van der Waals surface area contributed by atoms with Gasteiger partial charge in [0.25, 0.3) is 5.97 Å². The lowest BCUT2D eigenvalue weighted by molar-refractivity contribution is -0.134. The van der Waals surface area contributed by atoms with Crippen LogP contribution in [-0.4, -0.2) is 30.4 Å². The van der Waals surface area contributed by atoms with Crippen LogP contribution in [0, 0.1) is 0 Å². The van der Waals surface area contributed by atoms with E-state index in [4.69, 9.17) is 19.4 Å². The fourth-order valence-corrected chi connectivity index (χ4v) is 3.15. The number of fused-ring (bicyclic) bond motifs is 3. The summed E-state index contributed by atoms with van der Waals surface area (Å²) in [6.45, 7) is 1.08. The third-order valence-corrected chi connectivity index (χ3v) is 4.09.